The number of benzene rings is 1. The lowest BCUT2D eigenvalue weighted by atomic mass is 10.2. The molecule has 0 amide bonds. The van der Waals surface area contributed by atoms with Gasteiger partial charge in [-0.25, -0.2) is 0 Å². The Hall–Kier alpha value is -1.26. The Morgan fingerprint density at radius 3 is 2.50 bits per heavy atom. The Bertz CT molecular complexity index is 399. The number of hydrogen-bond acceptors (Lipinski definition) is 4. The van der Waals surface area contributed by atoms with Gasteiger partial charge < -0.3 is 19.5 Å². The van der Waals surface area contributed by atoms with Crippen molar-refractivity contribution in [1.29, 1.82) is 0 Å². The molecule has 1 aromatic carbocycles. The number of nitrogens with one attached hydrogen (secondary N) is 1. The maximum Gasteiger partial charge on any atom is 0.124 e. The van der Waals surface area contributed by atoms with E-state index in [0.29, 0.717) is 13.2 Å². The summed E-state index contributed by atoms with van der Waals surface area (Å²) in [5.41, 5.74) is 0.970. The zero-order valence-corrected chi connectivity index (χ0v) is 13.3. The molecule has 0 bridgehead atoms. The summed E-state index contributed by atoms with van der Waals surface area (Å²) in [5.74, 6) is 1.72. The van der Waals surface area contributed by atoms with Gasteiger partial charge in [0.25, 0.3) is 0 Å². The van der Waals surface area contributed by atoms with Crippen LogP contribution in [-0.4, -0.2) is 32.5 Å². The highest BCUT2D eigenvalue weighted by Gasteiger charge is 2.10. The lowest BCUT2D eigenvalue weighted by Crippen LogP contribution is -2.22. The van der Waals surface area contributed by atoms with Gasteiger partial charge in [-0.15, -0.1) is 0 Å². The zero-order chi connectivity index (χ0) is 15.0. The molecule has 0 spiro atoms. The van der Waals surface area contributed by atoms with E-state index in [9.17, 15) is 0 Å². The van der Waals surface area contributed by atoms with E-state index < -0.39 is 0 Å². The highest BCUT2D eigenvalue weighted by atomic mass is 16.5. The van der Waals surface area contributed by atoms with Crippen LogP contribution in [0.25, 0.3) is 0 Å². The summed E-state index contributed by atoms with van der Waals surface area (Å²) in [6.07, 6.45) is 0. The summed E-state index contributed by atoms with van der Waals surface area (Å²) in [4.78, 5) is 0. The third-order valence-electron chi connectivity index (χ3n) is 2.71. The quantitative estimate of drug-likeness (QED) is 0.744. The standard InChI is InChI=1S/C16H27NO3/c1-6-17-12-13-11-14(18-5)7-8-15(13)19-9-10-20-16(2,3)4/h7-8,11,17H,6,9-10,12H2,1-5H3. The molecule has 1 aromatic rings. The fraction of sp³-hybridized carbons (Fsp3) is 0.625. The minimum atomic E-state index is -0.129. The van der Waals surface area contributed by atoms with Crippen LogP contribution >= 0.6 is 0 Å². The molecule has 0 aliphatic heterocycles. The Balaban J connectivity index is 2.58. The Morgan fingerprint density at radius 2 is 1.90 bits per heavy atom. The molecule has 0 aliphatic carbocycles. The van der Waals surface area contributed by atoms with E-state index in [4.69, 9.17) is 14.2 Å². The van der Waals surface area contributed by atoms with Gasteiger partial charge in [0.1, 0.15) is 18.1 Å². The second-order valence-electron chi connectivity index (χ2n) is 5.56. The van der Waals surface area contributed by atoms with Crippen LogP contribution in [0, 0.1) is 0 Å². The Morgan fingerprint density at radius 1 is 1.15 bits per heavy atom. The smallest absolute Gasteiger partial charge is 0.124 e. The summed E-state index contributed by atoms with van der Waals surface area (Å²) in [7, 11) is 1.67. The highest BCUT2D eigenvalue weighted by molar-refractivity contribution is 5.40. The van der Waals surface area contributed by atoms with Crippen LogP contribution in [-0.2, 0) is 11.3 Å². The number of hydrogen-bond donors (Lipinski definition) is 1. The molecule has 4 heteroatoms. The fourth-order valence-electron chi connectivity index (χ4n) is 1.72. The summed E-state index contributed by atoms with van der Waals surface area (Å²) in [6, 6.07) is 5.86. The molecule has 1 rings (SSSR count). The summed E-state index contributed by atoms with van der Waals surface area (Å²) >= 11 is 0. The third-order valence-corrected chi connectivity index (χ3v) is 2.71. The molecule has 4 nitrogen and oxygen atoms in total. The van der Waals surface area contributed by atoms with Gasteiger partial charge in [0.05, 0.1) is 19.3 Å². The van der Waals surface area contributed by atoms with Crippen molar-refractivity contribution in [3.63, 3.8) is 0 Å². The molecule has 0 atom stereocenters. The topological polar surface area (TPSA) is 39.7 Å². The van der Waals surface area contributed by atoms with Crippen molar-refractivity contribution >= 4 is 0 Å². The lowest BCUT2D eigenvalue weighted by Gasteiger charge is -2.20. The monoisotopic (exact) mass is 281 g/mol. The van der Waals surface area contributed by atoms with Gasteiger partial charge >= 0.3 is 0 Å². The average Bonchev–Trinajstić information content (AvgIpc) is 2.40. The van der Waals surface area contributed by atoms with Gasteiger partial charge in [0.15, 0.2) is 0 Å². The van der Waals surface area contributed by atoms with Crippen molar-refractivity contribution in [2.24, 2.45) is 0 Å². The Labute approximate surface area is 122 Å². The molecule has 0 saturated carbocycles. The molecule has 0 saturated heterocycles. The van der Waals surface area contributed by atoms with Crippen LogP contribution in [0.5, 0.6) is 11.5 Å². The van der Waals surface area contributed by atoms with Crippen molar-refractivity contribution < 1.29 is 14.2 Å². The second kappa shape index (κ2) is 8.12. The fourth-order valence-corrected chi connectivity index (χ4v) is 1.72. The van der Waals surface area contributed by atoms with Crippen LogP contribution in [0.3, 0.4) is 0 Å². The molecule has 0 aromatic heterocycles. The van der Waals surface area contributed by atoms with Gasteiger partial charge in [-0.1, -0.05) is 6.92 Å². The van der Waals surface area contributed by atoms with Gasteiger partial charge in [-0.3, -0.25) is 0 Å². The SMILES string of the molecule is CCNCc1cc(OC)ccc1OCCOC(C)(C)C. The predicted octanol–water partition coefficient (Wildman–Crippen LogP) is 3.00. The maximum atomic E-state index is 5.81. The van der Waals surface area contributed by atoms with Gasteiger partial charge in [0, 0.05) is 12.1 Å². The second-order valence-corrected chi connectivity index (χ2v) is 5.56. The Kier molecular flexibility index (Phi) is 6.82. The first-order valence-electron chi connectivity index (χ1n) is 7.10. The van der Waals surface area contributed by atoms with Crippen molar-refractivity contribution in [1.82, 2.24) is 5.32 Å². The molecule has 0 radical (unpaired) electrons. The van der Waals surface area contributed by atoms with E-state index in [-0.39, 0.29) is 5.60 Å². The van der Waals surface area contributed by atoms with E-state index in [0.717, 1.165) is 30.2 Å². The van der Waals surface area contributed by atoms with E-state index >= 15 is 0 Å². The average molecular weight is 281 g/mol. The summed E-state index contributed by atoms with van der Waals surface area (Å²) in [6.45, 7) is 11.0. The van der Waals surface area contributed by atoms with Crippen molar-refractivity contribution in [3.05, 3.63) is 23.8 Å². The normalized spacial score (nSPS) is 11.4. The van der Waals surface area contributed by atoms with Crippen molar-refractivity contribution in [3.8, 4) is 11.5 Å². The molecule has 114 valence electrons. The molecule has 0 heterocycles. The first kappa shape index (κ1) is 16.8. The van der Waals surface area contributed by atoms with Crippen LogP contribution in [0.1, 0.15) is 33.3 Å². The first-order chi connectivity index (χ1) is 9.46. The summed E-state index contributed by atoms with van der Waals surface area (Å²) < 4.78 is 16.7. The zero-order valence-electron chi connectivity index (χ0n) is 13.3. The van der Waals surface area contributed by atoms with Crippen molar-refractivity contribution in [2.75, 3.05) is 26.9 Å². The van der Waals surface area contributed by atoms with Crippen molar-refractivity contribution in [2.45, 2.75) is 39.8 Å². The van der Waals surface area contributed by atoms with Gasteiger partial charge in [-0.05, 0) is 45.5 Å². The molecule has 1 N–H and O–H groups in total. The van der Waals surface area contributed by atoms with E-state index in [1.165, 1.54) is 0 Å². The minimum Gasteiger partial charge on any atom is -0.497 e. The molecule has 20 heavy (non-hydrogen) atoms. The van der Waals surface area contributed by atoms with E-state index in [2.05, 4.69) is 12.2 Å². The molecule has 0 aliphatic rings. The summed E-state index contributed by atoms with van der Waals surface area (Å²) in [5, 5.41) is 3.30. The van der Waals surface area contributed by atoms with Gasteiger partial charge in [0.2, 0.25) is 0 Å². The van der Waals surface area contributed by atoms with E-state index in [1.54, 1.807) is 7.11 Å². The van der Waals surface area contributed by atoms with Crippen LogP contribution < -0.4 is 14.8 Å². The minimum absolute atomic E-state index is 0.129. The van der Waals surface area contributed by atoms with Crippen LogP contribution in [0.2, 0.25) is 0 Å². The first-order valence-corrected chi connectivity index (χ1v) is 7.10. The predicted molar refractivity (Wildman–Crippen MR) is 81.6 cm³/mol. The lowest BCUT2D eigenvalue weighted by molar-refractivity contribution is -0.0164. The van der Waals surface area contributed by atoms with Crippen LogP contribution in [0.15, 0.2) is 18.2 Å². The number of methoxy groups -OCH3 is 1. The highest BCUT2D eigenvalue weighted by Crippen LogP contribution is 2.24. The third kappa shape index (κ3) is 6.26. The maximum absolute atomic E-state index is 5.81. The number of ether oxygens (including phenoxy) is 3. The molecular formula is C16H27NO3. The molecule has 0 unspecified atom stereocenters. The largest absolute Gasteiger partial charge is 0.497 e. The van der Waals surface area contributed by atoms with Crippen LogP contribution in [0.4, 0.5) is 0 Å². The molecular weight excluding hydrogens is 254 g/mol. The molecule has 0 fully saturated rings. The van der Waals surface area contributed by atoms with E-state index in [1.807, 2.05) is 39.0 Å². The number of rotatable bonds is 8. The van der Waals surface area contributed by atoms with Gasteiger partial charge in [-0.2, -0.15) is 0 Å².